The highest BCUT2D eigenvalue weighted by molar-refractivity contribution is 7.16. The Hall–Kier alpha value is -2.61. The fraction of sp³-hybridized carbons (Fsp3) is 0.433. The van der Waals surface area contributed by atoms with Crippen LogP contribution in [-0.2, 0) is 22.4 Å². The summed E-state index contributed by atoms with van der Waals surface area (Å²) in [7, 11) is 0. The number of hydrogen-bond donors (Lipinski definition) is 2. The van der Waals surface area contributed by atoms with E-state index in [9.17, 15) is 9.59 Å². The molecule has 39 heavy (non-hydrogen) atoms. The maximum absolute atomic E-state index is 13.1. The minimum atomic E-state index is -0.990. The first kappa shape index (κ1) is 32.6. The molecule has 3 aromatic rings. The van der Waals surface area contributed by atoms with Gasteiger partial charge < -0.3 is 15.2 Å². The van der Waals surface area contributed by atoms with Crippen molar-refractivity contribution in [2.24, 2.45) is 11.8 Å². The number of carboxylic acids is 1. The Morgan fingerprint density at radius 1 is 1.03 bits per heavy atom. The third-order valence-electron chi connectivity index (χ3n) is 5.41. The number of thiazole rings is 1. The van der Waals surface area contributed by atoms with Crippen molar-refractivity contribution in [3.05, 3.63) is 68.5 Å². The Balaban J connectivity index is 0.00000260. The summed E-state index contributed by atoms with van der Waals surface area (Å²) in [5, 5.41) is 14.2. The van der Waals surface area contributed by atoms with Gasteiger partial charge in [-0.1, -0.05) is 69.1 Å². The van der Waals surface area contributed by atoms with Gasteiger partial charge in [0.05, 0.1) is 27.2 Å². The van der Waals surface area contributed by atoms with Crippen molar-refractivity contribution in [1.29, 1.82) is 0 Å². The summed E-state index contributed by atoms with van der Waals surface area (Å²) in [5.74, 6) is -1.39. The number of aromatic nitrogens is 1. The van der Waals surface area contributed by atoms with Crippen LogP contribution in [0.1, 0.15) is 69.3 Å². The summed E-state index contributed by atoms with van der Waals surface area (Å²) in [6.07, 6.45) is 1.24. The number of carboxylic acid groups (broad SMARTS) is 1. The standard InChI is InChI=1S/C28H32Cl2N2O4S.C2H6/c1-16(2)12-23-24(19-10-11-21(29)22(30)14-19)32-27(37-23)31-15-20(26(35)36-28(3,4)5)13-17-6-8-18(9-7-17)25(33)34;1-2/h6-11,14,16,20H,12-13,15H2,1-5H3,(H,31,32)(H,33,34);1-2H3. The molecule has 2 aromatic carbocycles. The predicted molar refractivity (Wildman–Crippen MR) is 162 cm³/mol. The van der Waals surface area contributed by atoms with Gasteiger partial charge >= 0.3 is 11.9 Å². The number of rotatable bonds is 10. The SMILES string of the molecule is CC.CC(C)Cc1sc(NCC(Cc2ccc(C(=O)O)cc2)C(=O)OC(C)(C)C)nc1-c1ccc(Cl)c(Cl)c1. The first-order chi connectivity index (χ1) is 18.3. The van der Waals surface area contributed by atoms with Crippen LogP contribution < -0.4 is 5.32 Å². The zero-order chi connectivity index (χ0) is 29.3. The van der Waals surface area contributed by atoms with Crippen LogP contribution in [0.25, 0.3) is 11.3 Å². The molecule has 1 atom stereocenters. The molecule has 0 fully saturated rings. The van der Waals surface area contributed by atoms with Gasteiger partial charge in [-0.05, 0) is 69.4 Å². The number of hydrogen-bond acceptors (Lipinski definition) is 6. The third-order valence-corrected chi connectivity index (χ3v) is 7.18. The number of nitrogens with one attached hydrogen (secondary N) is 1. The number of carbonyl (C=O) groups is 2. The van der Waals surface area contributed by atoms with Crippen LogP contribution in [0.5, 0.6) is 0 Å². The molecular formula is C30H38Cl2N2O4S. The first-order valence-corrected chi connectivity index (χ1v) is 14.6. The van der Waals surface area contributed by atoms with Gasteiger partial charge in [-0.2, -0.15) is 0 Å². The molecule has 0 saturated carbocycles. The van der Waals surface area contributed by atoms with E-state index < -0.39 is 17.5 Å². The van der Waals surface area contributed by atoms with Crippen LogP contribution >= 0.6 is 34.5 Å². The van der Waals surface area contributed by atoms with Crippen LogP contribution in [0.3, 0.4) is 0 Å². The summed E-state index contributed by atoms with van der Waals surface area (Å²) in [4.78, 5) is 30.2. The minimum absolute atomic E-state index is 0.200. The second-order valence-corrected chi connectivity index (χ2v) is 12.2. The molecule has 0 spiro atoms. The van der Waals surface area contributed by atoms with E-state index in [1.54, 1.807) is 41.7 Å². The number of anilines is 1. The fourth-order valence-electron chi connectivity index (χ4n) is 3.71. The second kappa shape index (κ2) is 14.7. The molecule has 1 aromatic heterocycles. The Morgan fingerprint density at radius 3 is 2.21 bits per heavy atom. The predicted octanol–water partition coefficient (Wildman–Crippen LogP) is 8.65. The van der Waals surface area contributed by atoms with Crippen LogP contribution in [-0.4, -0.2) is 34.2 Å². The molecular weight excluding hydrogens is 555 g/mol. The fourth-order valence-corrected chi connectivity index (χ4v) is 5.21. The zero-order valence-electron chi connectivity index (χ0n) is 23.6. The summed E-state index contributed by atoms with van der Waals surface area (Å²) >= 11 is 13.9. The minimum Gasteiger partial charge on any atom is -0.478 e. The van der Waals surface area contributed by atoms with Crippen LogP contribution in [0.2, 0.25) is 10.0 Å². The van der Waals surface area contributed by atoms with E-state index in [1.807, 2.05) is 46.8 Å². The Labute approximate surface area is 245 Å². The molecule has 0 aliphatic rings. The summed E-state index contributed by atoms with van der Waals surface area (Å²) < 4.78 is 5.68. The quantitative estimate of drug-likeness (QED) is 0.229. The molecule has 0 bridgehead atoms. The van der Waals surface area contributed by atoms with E-state index in [0.29, 0.717) is 34.1 Å². The smallest absolute Gasteiger partial charge is 0.335 e. The van der Waals surface area contributed by atoms with Crippen molar-refractivity contribution in [1.82, 2.24) is 4.98 Å². The molecule has 0 amide bonds. The third kappa shape index (κ3) is 10.1. The van der Waals surface area contributed by atoms with Gasteiger partial charge in [-0.25, -0.2) is 9.78 Å². The van der Waals surface area contributed by atoms with Gasteiger partial charge in [-0.15, -0.1) is 11.3 Å². The molecule has 3 rings (SSSR count). The number of nitrogens with zero attached hydrogens (tertiary/aromatic N) is 1. The molecule has 0 aliphatic heterocycles. The average Bonchev–Trinajstić information content (AvgIpc) is 3.25. The van der Waals surface area contributed by atoms with Crippen molar-refractivity contribution >= 4 is 51.6 Å². The van der Waals surface area contributed by atoms with Gasteiger partial charge in [0, 0.05) is 17.0 Å². The normalized spacial score (nSPS) is 11.9. The highest BCUT2D eigenvalue weighted by Gasteiger charge is 2.26. The Kier molecular flexibility index (Phi) is 12.3. The maximum atomic E-state index is 13.1. The van der Waals surface area contributed by atoms with Crippen molar-refractivity contribution in [3.63, 3.8) is 0 Å². The lowest BCUT2D eigenvalue weighted by molar-refractivity contribution is -0.159. The molecule has 9 heteroatoms. The van der Waals surface area contributed by atoms with Gasteiger partial charge in [0.2, 0.25) is 0 Å². The number of benzene rings is 2. The van der Waals surface area contributed by atoms with Crippen molar-refractivity contribution in [2.75, 3.05) is 11.9 Å². The van der Waals surface area contributed by atoms with Gasteiger partial charge in [0.1, 0.15) is 5.60 Å². The summed E-state index contributed by atoms with van der Waals surface area (Å²) in [6, 6.07) is 12.0. The molecule has 2 N–H and O–H groups in total. The van der Waals surface area contributed by atoms with Gasteiger partial charge in [-0.3, -0.25) is 4.79 Å². The largest absolute Gasteiger partial charge is 0.478 e. The molecule has 6 nitrogen and oxygen atoms in total. The lowest BCUT2D eigenvalue weighted by atomic mass is 9.98. The number of carbonyl (C=O) groups excluding carboxylic acids is 1. The molecule has 0 saturated heterocycles. The lowest BCUT2D eigenvalue weighted by Crippen LogP contribution is -2.33. The van der Waals surface area contributed by atoms with E-state index in [-0.39, 0.29) is 11.5 Å². The number of halogens is 2. The van der Waals surface area contributed by atoms with Crippen LogP contribution in [0.15, 0.2) is 42.5 Å². The molecule has 0 radical (unpaired) electrons. The molecule has 212 valence electrons. The zero-order valence-corrected chi connectivity index (χ0v) is 25.9. The van der Waals surface area contributed by atoms with Gasteiger partial charge in [0.15, 0.2) is 5.13 Å². The average molecular weight is 594 g/mol. The van der Waals surface area contributed by atoms with E-state index in [0.717, 1.165) is 28.1 Å². The van der Waals surface area contributed by atoms with Crippen molar-refractivity contribution < 1.29 is 19.4 Å². The van der Waals surface area contributed by atoms with Crippen LogP contribution in [0, 0.1) is 11.8 Å². The van der Waals surface area contributed by atoms with Crippen LogP contribution in [0.4, 0.5) is 5.13 Å². The lowest BCUT2D eigenvalue weighted by Gasteiger charge is -2.24. The number of esters is 1. The first-order valence-electron chi connectivity index (χ1n) is 13.1. The monoisotopic (exact) mass is 592 g/mol. The summed E-state index contributed by atoms with van der Waals surface area (Å²) in [5.41, 5.74) is 2.15. The van der Waals surface area contributed by atoms with E-state index in [1.165, 1.54) is 0 Å². The number of aromatic carboxylic acids is 1. The topological polar surface area (TPSA) is 88.5 Å². The van der Waals surface area contributed by atoms with E-state index in [4.69, 9.17) is 38.0 Å². The van der Waals surface area contributed by atoms with Gasteiger partial charge in [0.25, 0.3) is 0 Å². The second-order valence-electron chi connectivity index (χ2n) is 10.3. The van der Waals surface area contributed by atoms with Crippen molar-refractivity contribution in [2.45, 2.75) is 66.9 Å². The number of ether oxygens (including phenoxy) is 1. The Morgan fingerprint density at radius 2 is 1.67 bits per heavy atom. The Bertz CT molecular complexity index is 1250. The highest BCUT2D eigenvalue weighted by Crippen LogP contribution is 2.36. The maximum Gasteiger partial charge on any atom is 0.335 e. The van der Waals surface area contributed by atoms with E-state index in [2.05, 4.69) is 19.2 Å². The molecule has 0 aliphatic carbocycles. The highest BCUT2D eigenvalue weighted by atomic mass is 35.5. The summed E-state index contributed by atoms with van der Waals surface area (Å²) in [6.45, 7) is 14.1. The molecule has 1 unspecified atom stereocenters. The molecule has 1 heterocycles. The van der Waals surface area contributed by atoms with E-state index >= 15 is 0 Å². The van der Waals surface area contributed by atoms with Crippen molar-refractivity contribution in [3.8, 4) is 11.3 Å².